The summed E-state index contributed by atoms with van der Waals surface area (Å²) in [6.07, 6.45) is 3.10. The zero-order chi connectivity index (χ0) is 13.0. The van der Waals surface area contributed by atoms with E-state index in [0.29, 0.717) is 6.42 Å². The molecule has 0 saturated carbocycles. The van der Waals surface area contributed by atoms with Crippen molar-refractivity contribution < 1.29 is 4.79 Å². The standard InChI is InChI=1S/C15H18N2O/c1-11-5-6-14(10-12(11)2)17-15(18)8-7-13-4-3-9-16-13/h3-6,9-10,16H,7-8H2,1-2H3,(H,17,18). The third kappa shape index (κ3) is 3.23. The van der Waals surface area contributed by atoms with Gasteiger partial charge in [0.05, 0.1) is 0 Å². The molecule has 0 unspecified atom stereocenters. The maximum atomic E-state index is 11.8. The highest BCUT2D eigenvalue weighted by Gasteiger charge is 2.04. The van der Waals surface area contributed by atoms with Crippen LogP contribution in [0, 0.1) is 13.8 Å². The molecular formula is C15H18N2O. The lowest BCUT2D eigenvalue weighted by atomic mass is 10.1. The number of carbonyl (C=O) groups is 1. The third-order valence-electron chi connectivity index (χ3n) is 3.07. The van der Waals surface area contributed by atoms with E-state index in [1.54, 1.807) is 0 Å². The van der Waals surface area contributed by atoms with Crippen molar-refractivity contribution in [1.29, 1.82) is 0 Å². The van der Waals surface area contributed by atoms with Crippen molar-refractivity contribution in [3.63, 3.8) is 0 Å². The van der Waals surface area contributed by atoms with Crippen LogP contribution in [0.15, 0.2) is 36.5 Å². The zero-order valence-electron chi connectivity index (χ0n) is 10.8. The monoisotopic (exact) mass is 242 g/mol. The predicted octanol–water partition coefficient (Wildman–Crippen LogP) is 3.20. The molecule has 0 aliphatic carbocycles. The Morgan fingerprint density at radius 3 is 2.72 bits per heavy atom. The fraction of sp³-hybridized carbons (Fsp3) is 0.267. The number of anilines is 1. The molecule has 2 rings (SSSR count). The molecular weight excluding hydrogens is 224 g/mol. The van der Waals surface area contributed by atoms with Gasteiger partial charge in [0.25, 0.3) is 0 Å². The smallest absolute Gasteiger partial charge is 0.224 e. The van der Waals surface area contributed by atoms with Gasteiger partial charge in [0, 0.05) is 24.0 Å². The van der Waals surface area contributed by atoms with Crippen LogP contribution in [-0.4, -0.2) is 10.9 Å². The summed E-state index contributed by atoms with van der Waals surface area (Å²) in [5, 5.41) is 2.92. The minimum absolute atomic E-state index is 0.0489. The second-order valence-electron chi connectivity index (χ2n) is 4.54. The van der Waals surface area contributed by atoms with Gasteiger partial charge in [-0.3, -0.25) is 4.79 Å². The molecule has 0 saturated heterocycles. The molecule has 0 fully saturated rings. The molecule has 94 valence electrons. The molecule has 0 radical (unpaired) electrons. The summed E-state index contributed by atoms with van der Waals surface area (Å²) in [7, 11) is 0. The quantitative estimate of drug-likeness (QED) is 0.849. The van der Waals surface area contributed by atoms with E-state index in [4.69, 9.17) is 0 Å². The topological polar surface area (TPSA) is 44.9 Å². The van der Waals surface area contributed by atoms with Crippen molar-refractivity contribution in [1.82, 2.24) is 4.98 Å². The molecule has 3 heteroatoms. The van der Waals surface area contributed by atoms with E-state index in [0.717, 1.165) is 17.8 Å². The maximum Gasteiger partial charge on any atom is 0.224 e. The van der Waals surface area contributed by atoms with Gasteiger partial charge in [0.15, 0.2) is 0 Å². The molecule has 18 heavy (non-hydrogen) atoms. The number of nitrogens with one attached hydrogen (secondary N) is 2. The van der Waals surface area contributed by atoms with Crippen LogP contribution >= 0.6 is 0 Å². The molecule has 0 aliphatic rings. The van der Waals surface area contributed by atoms with E-state index in [1.807, 2.05) is 43.5 Å². The summed E-state index contributed by atoms with van der Waals surface area (Å²) < 4.78 is 0. The van der Waals surface area contributed by atoms with Crippen LogP contribution in [-0.2, 0) is 11.2 Å². The van der Waals surface area contributed by atoms with E-state index < -0.39 is 0 Å². The van der Waals surface area contributed by atoms with Crippen molar-refractivity contribution >= 4 is 11.6 Å². The normalized spacial score (nSPS) is 10.3. The molecule has 3 nitrogen and oxygen atoms in total. The van der Waals surface area contributed by atoms with E-state index >= 15 is 0 Å². The van der Waals surface area contributed by atoms with E-state index in [2.05, 4.69) is 17.2 Å². The summed E-state index contributed by atoms with van der Waals surface area (Å²) in [5.41, 5.74) is 4.39. The largest absolute Gasteiger partial charge is 0.365 e. The summed E-state index contributed by atoms with van der Waals surface area (Å²) in [4.78, 5) is 14.9. The van der Waals surface area contributed by atoms with Gasteiger partial charge in [0.1, 0.15) is 0 Å². The molecule has 1 heterocycles. The third-order valence-corrected chi connectivity index (χ3v) is 3.07. The Morgan fingerprint density at radius 1 is 1.22 bits per heavy atom. The molecule has 0 spiro atoms. The first-order chi connectivity index (χ1) is 8.65. The number of hydrogen-bond donors (Lipinski definition) is 2. The fourth-order valence-electron chi connectivity index (χ4n) is 1.81. The van der Waals surface area contributed by atoms with Crippen molar-refractivity contribution in [2.45, 2.75) is 26.7 Å². The minimum atomic E-state index is 0.0489. The number of hydrogen-bond acceptors (Lipinski definition) is 1. The lowest BCUT2D eigenvalue weighted by molar-refractivity contribution is -0.116. The van der Waals surface area contributed by atoms with Gasteiger partial charge in [-0.05, 0) is 55.7 Å². The molecule has 1 amide bonds. The SMILES string of the molecule is Cc1ccc(NC(=O)CCc2ccc[nH]2)cc1C. The van der Waals surface area contributed by atoms with Crippen LogP contribution in [0.1, 0.15) is 23.2 Å². The van der Waals surface area contributed by atoms with Gasteiger partial charge in [-0.2, -0.15) is 0 Å². The molecule has 1 aromatic carbocycles. The van der Waals surface area contributed by atoms with Crippen molar-refractivity contribution in [2.24, 2.45) is 0 Å². The maximum absolute atomic E-state index is 11.8. The Morgan fingerprint density at radius 2 is 2.06 bits per heavy atom. The lowest BCUT2D eigenvalue weighted by Gasteiger charge is -2.07. The van der Waals surface area contributed by atoms with Crippen LogP contribution < -0.4 is 5.32 Å². The van der Waals surface area contributed by atoms with Crippen LogP contribution in [0.5, 0.6) is 0 Å². The highest BCUT2D eigenvalue weighted by atomic mass is 16.1. The first-order valence-electron chi connectivity index (χ1n) is 6.14. The van der Waals surface area contributed by atoms with Gasteiger partial charge in [-0.1, -0.05) is 6.07 Å². The van der Waals surface area contributed by atoms with Gasteiger partial charge in [-0.25, -0.2) is 0 Å². The second-order valence-corrected chi connectivity index (χ2v) is 4.54. The van der Waals surface area contributed by atoms with Gasteiger partial charge in [-0.15, -0.1) is 0 Å². The Hall–Kier alpha value is -2.03. The predicted molar refractivity (Wildman–Crippen MR) is 73.7 cm³/mol. The number of aryl methyl sites for hydroxylation is 3. The Kier molecular flexibility index (Phi) is 3.82. The van der Waals surface area contributed by atoms with E-state index in [1.165, 1.54) is 11.1 Å². The summed E-state index contributed by atoms with van der Waals surface area (Å²) in [6.45, 7) is 4.11. The highest BCUT2D eigenvalue weighted by Crippen LogP contribution is 2.14. The van der Waals surface area contributed by atoms with Crippen LogP contribution in [0.25, 0.3) is 0 Å². The van der Waals surface area contributed by atoms with Gasteiger partial charge < -0.3 is 10.3 Å². The van der Waals surface area contributed by atoms with E-state index in [-0.39, 0.29) is 5.91 Å². The van der Waals surface area contributed by atoms with Crippen LogP contribution in [0.2, 0.25) is 0 Å². The number of carbonyl (C=O) groups excluding carboxylic acids is 1. The Bertz CT molecular complexity index is 529. The Balaban J connectivity index is 1.88. The molecule has 1 aromatic heterocycles. The number of rotatable bonds is 4. The van der Waals surface area contributed by atoms with Gasteiger partial charge in [0.2, 0.25) is 5.91 Å². The molecule has 0 bridgehead atoms. The second kappa shape index (κ2) is 5.54. The zero-order valence-corrected chi connectivity index (χ0v) is 10.8. The van der Waals surface area contributed by atoms with Crippen molar-refractivity contribution in [3.05, 3.63) is 53.3 Å². The molecule has 0 aliphatic heterocycles. The number of H-pyrrole nitrogens is 1. The lowest BCUT2D eigenvalue weighted by Crippen LogP contribution is -2.12. The number of aromatic nitrogens is 1. The first kappa shape index (κ1) is 12.4. The fourth-order valence-corrected chi connectivity index (χ4v) is 1.81. The molecule has 2 aromatic rings. The number of benzene rings is 1. The number of amides is 1. The minimum Gasteiger partial charge on any atom is -0.365 e. The van der Waals surface area contributed by atoms with Gasteiger partial charge >= 0.3 is 0 Å². The molecule has 0 atom stereocenters. The summed E-state index contributed by atoms with van der Waals surface area (Å²) in [6, 6.07) is 9.90. The average Bonchev–Trinajstić information content (AvgIpc) is 2.84. The molecule has 2 N–H and O–H groups in total. The van der Waals surface area contributed by atoms with Crippen LogP contribution in [0.3, 0.4) is 0 Å². The summed E-state index contributed by atoms with van der Waals surface area (Å²) >= 11 is 0. The van der Waals surface area contributed by atoms with Crippen LogP contribution in [0.4, 0.5) is 5.69 Å². The summed E-state index contributed by atoms with van der Waals surface area (Å²) in [5.74, 6) is 0.0489. The Labute approximate surface area is 107 Å². The number of aromatic amines is 1. The first-order valence-corrected chi connectivity index (χ1v) is 6.14. The van der Waals surface area contributed by atoms with E-state index in [9.17, 15) is 4.79 Å². The average molecular weight is 242 g/mol. The highest BCUT2D eigenvalue weighted by molar-refractivity contribution is 5.90. The van der Waals surface area contributed by atoms with Crippen molar-refractivity contribution in [3.8, 4) is 0 Å². The van der Waals surface area contributed by atoms with Crippen molar-refractivity contribution in [2.75, 3.05) is 5.32 Å².